The summed E-state index contributed by atoms with van der Waals surface area (Å²) in [5, 5.41) is 0. The van der Waals surface area contributed by atoms with Crippen LogP contribution in [0.15, 0.2) is 41.4 Å². The molecule has 1 saturated heterocycles. The number of piperazine rings is 1. The minimum Gasteiger partial charge on any atom is -0.352 e. The lowest BCUT2D eigenvalue weighted by atomic mass is 10.2. The van der Waals surface area contributed by atoms with E-state index in [0.29, 0.717) is 18.8 Å². The van der Waals surface area contributed by atoms with Gasteiger partial charge in [-0.25, -0.2) is 9.97 Å². The first-order chi connectivity index (χ1) is 10.3. The monoisotopic (exact) mass is 347 g/mol. The highest BCUT2D eigenvalue weighted by molar-refractivity contribution is 9.10. The van der Waals surface area contributed by atoms with Crippen molar-refractivity contribution in [3.8, 4) is 0 Å². The summed E-state index contributed by atoms with van der Waals surface area (Å²) in [7, 11) is 0. The van der Waals surface area contributed by atoms with Gasteiger partial charge in [0.2, 0.25) is 0 Å². The first-order valence-electron chi connectivity index (χ1n) is 6.66. The van der Waals surface area contributed by atoms with E-state index in [2.05, 4.69) is 35.8 Å². The van der Waals surface area contributed by atoms with Crippen molar-refractivity contribution in [3.05, 3.63) is 47.1 Å². The maximum Gasteiger partial charge on any atom is 0.273 e. The molecular weight excluding hydrogens is 334 g/mol. The zero-order valence-corrected chi connectivity index (χ0v) is 12.9. The molecule has 0 spiro atoms. The Morgan fingerprint density at radius 1 is 1.10 bits per heavy atom. The van der Waals surface area contributed by atoms with Crippen LogP contribution in [0.3, 0.4) is 0 Å². The summed E-state index contributed by atoms with van der Waals surface area (Å²) in [4.78, 5) is 28.9. The summed E-state index contributed by atoms with van der Waals surface area (Å²) in [6.45, 7) is 2.79. The number of aromatic nitrogens is 3. The van der Waals surface area contributed by atoms with E-state index in [1.807, 2.05) is 11.0 Å². The van der Waals surface area contributed by atoms with E-state index >= 15 is 0 Å². The quantitative estimate of drug-likeness (QED) is 0.825. The van der Waals surface area contributed by atoms with Crippen molar-refractivity contribution in [1.82, 2.24) is 19.9 Å². The minimum absolute atomic E-state index is 0.0405. The average molecular weight is 348 g/mol. The van der Waals surface area contributed by atoms with Crippen molar-refractivity contribution < 1.29 is 4.79 Å². The highest BCUT2D eigenvalue weighted by Gasteiger charge is 2.24. The normalized spacial score (nSPS) is 15.1. The zero-order chi connectivity index (χ0) is 14.7. The molecule has 0 N–H and O–H groups in total. The molecule has 7 heteroatoms. The third-order valence-electron chi connectivity index (χ3n) is 3.40. The van der Waals surface area contributed by atoms with Gasteiger partial charge in [-0.05, 0) is 28.1 Å². The number of halogens is 1. The lowest BCUT2D eigenvalue weighted by Gasteiger charge is -2.35. The van der Waals surface area contributed by atoms with Crippen LogP contribution in [-0.2, 0) is 0 Å². The number of nitrogens with zero attached hydrogens (tertiary/aromatic N) is 5. The predicted molar refractivity (Wildman–Crippen MR) is 82.1 cm³/mol. The second kappa shape index (κ2) is 6.17. The molecule has 2 aromatic heterocycles. The molecule has 21 heavy (non-hydrogen) atoms. The van der Waals surface area contributed by atoms with Gasteiger partial charge in [0.1, 0.15) is 11.5 Å². The molecular formula is C14H14BrN5O. The Kier molecular flexibility index (Phi) is 4.10. The molecule has 0 saturated carbocycles. The van der Waals surface area contributed by atoms with E-state index in [9.17, 15) is 4.79 Å². The highest BCUT2D eigenvalue weighted by Crippen LogP contribution is 2.17. The molecule has 0 atom stereocenters. The van der Waals surface area contributed by atoms with Crippen LogP contribution in [0.2, 0.25) is 0 Å². The van der Waals surface area contributed by atoms with Gasteiger partial charge in [0.15, 0.2) is 0 Å². The fraction of sp³-hybridized carbons (Fsp3) is 0.286. The van der Waals surface area contributed by atoms with Crippen molar-refractivity contribution in [2.45, 2.75) is 0 Å². The molecule has 3 heterocycles. The van der Waals surface area contributed by atoms with E-state index in [4.69, 9.17) is 0 Å². The van der Waals surface area contributed by atoms with Crippen molar-refractivity contribution in [2.75, 3.05) is 31.1 Å². The fourth-order valence-corrected chi connectivity index (χ4v) is 2.71. The first kappa shape index (κ1) is 13.9. The summed E-state index contributed by atoms with van der Waals surface area (Å²) in [5.41, 5.74) is 0.463. The van der Waals surface area contributed by atoms with Gasteiger partial charge in [0.25, 0.3) is 5.91 Å². The van der Waals surface area contributed by atoms with Crippen LogP contribution in [0, 0.1) is 0 Å². The van der Waals surface area contributed by atoms with Gasteiger partial charge in [-0.15, -0.1) is 0 Å². The summed E-state index contributed by atoms with van der Waals surface area (Å²) in [5.74, 6) is 0.810. The third kappa shape index (κ3) is 3.02. The van der Waals surface area contributed by atoms with Crippen molar-refractivity contribution in [3.63, 3.8) is 0 Å². The van der Waals surface area contributed by atoms with Crippen LogP contribution >= 0.6 is 15.9 Å². The van der Waals surface area contributed by atoms with Gasteiger partial charge in [-0.3, -0.25) is 9.78 Å². The Morgan fingerprint density at radius 3 is 2.57 bits per heavy atom. The van der Waals surface area contributed by atoms with Gasteiger partial charge in [0, 0.05) is 49.2 Å². The molecule has 108 valence electrons. The van der Waals surface area contributed by atoms with Crippen molar-refractivity contribution >= 4 is 27.7 Å². The molecule has 1 fully saturated rings. The number of pyridine rings is 1. The Hall–Kier alpha value is -2.02. The SMILES string of the molecule is O=C(c1ncccc1Br)N1CCN(c2cnccn2)CC1. The number of anilines is 1. The highest BCUT2D eigenvalue weighted by atomic mass is 79.9. The van der Waals surface area contributed by atoms with E-state index in [1.165, 1.54) is 0 Å². The van der Waals surface area contributed by atoms with E-state index in [0.717, 1.165) is 23.4 Å². The lowest BCUT2D eigenvalue weighted by molar-refractivity contribution is 0.0739. The van der Waals surface area contributed by atoms with E-state index < -0.39 is 0 Å². The summed E-state index contributed by atoms with van der Waals surface area (Å²) in [6.07, 6.45) is 6.71. The molecule has 3 rings (SSSR count). The minimum atomic E-state index is -0.0405. The topological polar surface area (TPSA) is 62.2 Å². The largest absolute Gasteiger partial charge is 0.352 e. The van der Waals surface area contributed by atoms with Crippen LogP contribution in [0.5, 0.6) is 0 Å². The Bertz CT molecular complexity index is 628. The number of hydrogen-bond acceptors (Lipinski definition) is 5. The number of carbonyl (C=O) groups excluding carboxylic acids is 1. The van der Waals surface area contributed by atoms with E-state index in [1.54, 1.807) is 30.9 Å². The van der Waals surface area contributed by atoms with Gasteiger partial charge >= 0.3 is 0 Å². The van der Waals surface area contributed by atoms with Crippen molar-refractivity contribution in [2.24, 2.45) is 0 Å². The molecule has 0 unspecified atom stereocenters. The fourth-order valence-electron chi connectivity index (χ4n) is 2.29. The average Bonchev–Trinajstić information content (AvgIpc) is 2.56. The molecule has 0 radical (unpaired) electrons. The molecule has 0 bridgehead atoms. The van der Waals surface area contributed by atoms with Crippen LogP contribution in [0.1, 0.15) is 10.5 Å². The number of hydrogen-bond donors (Lipinski definition) is 0. The summed E-state index contributed by atoms with van der Waals surface area (Å²) < 4.78 is 0.728. The Labute approximate surface area is 131 Å². The van der Waals surface area contributed by atoms with Gasteiger partial charge in [0.05, 0.1) is 6.20 Å². The standard InChI is InChI=1S/C14H14BrN5O/c15-11-2-1-3-18-13(11)14(21)20-8-6-19(7-9-20)12-10-16-4-5-17-12/h1-5,10H,6-9H2. The molecule has 2 aromatic rings. The van der Waals surface area contributed by atoms with Gasteiger partial charge in [-0.1, -0.05) is 0 Å². The molecule has 1 amide bonds. The van der Waals surface area contributed by atoms with Crippen LogP contribution < -0.4 is 4.90 Å². The van der Waals surface area contributed by atoms with Crippen LogP contribution in [0.25, 0.3) is 0 Å². The summed E-state index contributed by atoms with van der Waals surface area (Å²) >= 11 is 3.37. The number of amides is 1. The lowest BCUT2D eigenvalue weighted by Crippen LogP contribution is -2.49. The molecule has 0 aliphatic carbocycles. The molecule has 1 aliphatic heterocycles. The van der Waals surface area contributed by atoms with E-state index in [-0.39, 0.29) is 5.91 Å². The Balaban J connectivity index is 1.66. The predicted octanol–water partition coefficient (Wildman–Crippen LogP) is 1.60. The van der Waals surface area contributed by atoms with Gasteiger partial charge < -0.3 is 9.80 Å². The smallest absolute Gasteiger partial charge is 0.273 e. The van der Waals surface area contributed by atoms with Gasteiger partial charge in [-0.2, -0.15) is 0 Å². The Morgan fingerprint density at radius 2 is 1.90 bits per heavy atom. The maximum atomic E-state index is 12.5. The number of carbonyl (C=O) groups is 1. The van der Waals surface area contributed by atoms with Crippen molar-refractivity contribution in [1.29, 1.82) is 0 Å². The summed E-state index contributed by atoms with van der Waals surface area (Å²) in [6, 6.07) is 3.63. The maximum absolute atomic E-state index is 12.5. The number of rotatable bonds is 2. The third-order valence-corrected chi connectivity index (χ3v) is 4.04. The second-order valence-electron chi connectivity index (χ2n) is 4.68. The second-order valence-corrected chi connectivity index (χ2v) is 5.53. The van der Waals surface area contributed by atoms with Crippen LogP contribution in [-0.4, -0.2) is 51.9 Å². The first-order valence-corrected chi connectivity index (χ1v) is 7.46. The zero-order valence-electron chi connectivity index (χ0n) is 11.3. The molecule has 0 aromatic carbocycles. The molecule has 1 aliphatic rings. The molecule has 6 nitrogen and oxygen atoms in total. The van der Waals surface area contributed by atoms with Crippen LogP contribution in [0.4, 0.5) is 5.82 Å².